The van der Waals surface area contributed by atoms with Gasteiger partial charge in [-0.05, 0) is 30.4 Å². The number of morpholine rings is 1. The highest BCUT2D eigenvalue weighted by Gasteiger charge is 2.33. The molecule has 2 fully saturated rings. The SMILES string of the molecule is CN(C)S(=O)(=O)N1CCC(c2nn(CC(=O)N3CCOCC3)c(=O)n2-c2cccs2)CC1. The minimum atomic E-state index is -3.48. The Morgan fingerprint density at radius 3 is 2.50 bits per heavy atom. The molecule has 2 aliphatic rings. The lowest BCUT2D eigenvalue weighted by atomic mass is 9.97. The fraction of sp³-hybridized carbons (Fsp3) is 0.632. The van der Waals surface area contributed by atoms with Crippen LogP contribution in [0.2, 0.25) is 0 Å². The van der Waals surface area contributed by atoms with Crippen molar-refractivity contribution < 1.29 is 17.9 Å². The van der Waals surface area contributed by atoms with Gasteiger partial charge in [-0.25, -0.2) is 14.0 Å². The lowest BCUT2D eigenvalue weighted by Gasteiger charge is -2.32. The minimum Gasteiger partial charge on any atom is -0.378 e. The van der Waals surface area contributed by atoms with Gasteiger partial charge < -0.3 is 9.64 Å². The average Bonchev–Trinajstić information content (AvgIpc) is 3.42. The van der Waals surface area contributed by atoms with Crippen LogP contribution in [0.3, 0.4) is 0 Å². The Kier molecular flexibility index (Phi) is 6.81. The molecule has 2 saturated heterocycles. The van der Waals surface area contributed by atoms with E-state index in [2.05, 4.69) is 5.10 Å². The summed E-state index contributed by atoms with van der Waals surface area (Å²) in [6, 6.07) is 3.70. The van der Waals surface area contributed by atoms with E-state index in [0.29, 0.717) is 58.1 Å². The summed E-state index contributed by atoms with van der Waals surface area (Å²) >= 11 is 1.42. The normalized spacial score (nSPS) is 19.0. The smallest absolute Gasteiger partial charge is 0.351 e. The topological polar surface area (TPSA) is 110 Å². The highest BCUT2D eigenvalue weighted by Crippen LogP contribution is 2.30. The van der Waals surface area contributed by atoms with Gasteiger partial charge in [0, 0.05) is 46.2 Å². The van der Waals surface area contributed by atoms with Crippen molar-refractivity contribution in [3.05, 3.63) is 33.8 Å². The summed E-state index contributed by atoms with van der Waals surface area (Å²) in [6.45, 7) is 2.56. The monoisotopic (exact) mass is 484 g/mol. The highest BCUT2D eigenvalue weighted by atomic mass is 32.2. The quantitative estimate of drug-likeness (QED) is 0.568. The molecule has 13 heteroatoms. The van der Waals surface area contributed by atoms with Crippen molar-refractivity contribution in [2.45, 2.75) is 25.3 Å². The summed E-state index contributed by atoms with van der Waals surface area (Å²) in [6.07, 6.45) is 1.10. The number of nitrogens with zero attached hydrogens (tertiary/aromatic N) is 6. The zero-order chi connectivity index (χ0) is 22.9. The van der Waals surface area contributed by atoms with Gasteiger partial charge in [-0.15, -0.1) is 11.3 Å². The van der Waals surface area contributed by atoms with E-state index in [0.717, 1.165) is 5.00 Å². The maximum atomic E-state index is 13.2. The second-order valence-electron chi connectivity index (χ2n) is 8.04. The molecule has 11 nitrogen and oxygen atoms in total. The minimum absolute atomic E-state index is 0.0850. The lowest BCUT2D eigenvalue weighted by Crippen LogP contribution is -2.44. The van der Waals surface area contributed by atoms with Crippen LogP contribution < -0.4 is 5.69 Å². The zero-order valence-corrected chi connectivity index (χ0v) is 19.8. The molecule has 0 N–H and O–H groups in total. The van der Waals surface area contributed by atoms with Crippen LogP contribution in [0.5, 0.6) is 0 Å². The first-order chi connectivity index (χ1) is 15.3. The maximum absolute atomic E-state index is 13.2. The maximum Gasteiger partial charge on any atom is 0.351 e. The molecule has 0 atom stereocenters. The molecule has 176 valence electrons. The molecule has 2 aliphatic heterocycles. The van der Waals surface area contributed by atoms with Gasteiger partial charge in [0.05, 0.1) is 13.2 Å². The molecule has 0 aromatic carbocycles. The zero-order valence-electron chi connectivity index (χ0n) is 18.2. The Bertz CT molecular complexity index is 1090. The third-order valence-corrected chi connectivity index (χ3v) is 8.64. The van der Waals surface area contributed by atoms with Crippen LogP contribution in [0, 0.1) is 0 Å². The van der Waals surface area contributed by atoms with Crippen LogP contribution in [0.15, 0.2) is 22.3 Å². The first-order valence-corrected chi connectivity index (χ1v) is 12.8. The van der Waals surface area contributed by atoms with Crippen LogP contribution in [-0.2, 0) is 26.3 Å². The molecule has 1 amide bonds. The van der Waals surface area contributed by atoms with E-state index in [1.54, 1.807) is 9.47 Å². The van der Waals surface area contributed by atoms with Gasteiger partial charge in [0.15, 0.2) is 0 Å². The summed E-state index contributed by atoms with van der Waals surface area (Å²) < 4.78 is 35.6. The summed E-state index contributed by atoms with van der Waals surface area (Å²) in [4.78, 5) is 27.6. The molecule has 0 saturated carbocycles. The molecule has 2 aromatic rings. The summed E-state index contributed by atoms with van der Waals surface area (Å²) in [7, 11) is -0.442. The molecule has 0 bridgehead atoms. The predicted octanol–water partition coefficient (Wildman–Crippen LogP) is -0.0599. The Hall–Kier alpha value is -2.06. The van der Waals surface area contributed by atoms with E-state index in [1.165, 1.54) is 38.7 Å². The van der Waals surface area contributed by atoms with Crippen molar-refractivity contribution in [1.29, 1.82) is 0 Å². The van der Waals surface area contributed by atoms with E-state index >= 15 is 0 Å². The van der Waals surface area contributed by atoms with Gasteiger partial charge in [-0.2, -0.15) is 22.1 Å². The number of rotatable bonds is 6. The fourth-order valence-corrected chi connectivity index (χ4v) is 5.88. The number of piperidine rings is 1. The highest BCUT2D eigenvalue weighted by molar-refractivity contribution is 7.86. The van der Waals surface area contributed by atoms with Crippen molar-refractivity contribution in [2.75, 3.05) is 53.5 Å². The third kappa shape index (κ3) is 4.53. The molecular formula is C19H28N6O5S2. The molecule has 0 spiro atoms. The van der Waals surface area contributed by atoms with Crippen LogP contribution in [0.4, 0.5) is 0 Å². The molecule has 0 unspecified atom stereocenters. The number of carbonyl (C=O) groups is 1. The van der Waals surface area contributed by atoms with Crippen molar-refractivity contribution >= 4 is 27.5 Å². The van der Waals surface area contributed by atoms with E-state index in [1.807, 2.05) is 17.5 Å². The van der Waals surface area contributed by atoms with E-state index in [-0.39, 0.29) is 24.1 Å². The number of hydrogen-bond donors (Lipinski definition) is 0. The first-order valence-electron chi connectivity index (χ1n) is 10.6. The van der Waals surface area contributed by atoms with Gasteiger partial charge in [0.1, 0.15) is 17.4 Å². The Morgan fingerprint density at radius 1 is 1.22 bits per heavy atom. The number of ether oxygens (including phenoxy) is 1. The van der Waals surface area contributed by atoms with Crippen LogP contribution in [0.25, 0.3) is 5.00 Å². The standard InChI is InChI=1S/C19H28N6O5S2/c1-21(2)32(28,29)23-7-5-15(6-8-23)18-20-24(14-16(26)22-9-11-30-12-10-22)19(27)25(18)17-4-3-13-31-17/h3-4,13,15H,5-12,14H2,1-2H3. The number of aromatic nitrogens is 3. The van der Waals surface area contributed by atoms with Gasteiger partial charge in [-0.1, -0.05) is 0 Å². The van der Waals surface area contributed by atoms with Gasteiger partial charge in [-0.3, -0.25) is 4.79 Å². The van der Waals surface area contributed by atoms with Crippen molar-refractivity contribution in [3.8, 4) is 5.00 Å². The van der Waals surface area contributed by atoms with E-state index < -0.39 is 10.2 Å². The Labute approximate surface area is 191 Å². The summed E-state index contributed by atoms with van der Waals surface area (Å²) in [5.41, 5.74) is -0.354. The molecular weight excluding hydrogens is 456 g/mol. The molecule has 2 aromatic heterocycles. The van der Waals surface area contributed by atoms with Crippen LogP contribution in [-0.4, -0.2) is 95.7 Å². The Morgan fingerprint density at radius 2 is 1.91 bits per heavy atom. The van der Waals surface area contributed by atoms with Crippen molar-refractivity contribution in [2.24, 2.45) is 0 Å². The lowest BCUT2D eigenvalue weighted by molar-refractivity contribution is -0.136. The number of thiophene rings is 1. The number of amides is 1. The number of hydrogen-bond acceptors (Lipinski definition) is 7. The van der Waals surface area contributed by atoms with Gasteiger partial charge in [0.25, 0.3) is 10.2 Å². The third-order valence-electron chi connectivity index (χ3n) is 5.85. The van der Waals surface area contributed by atoms with Gasteiger partial charge >= 0.3 is 5.69 Å². The van der Waals surface area contributed by atoms with E-state index in [9.17, 15) is 18.0 Å². The van der Waals surface area contributed by atoms with Crippen LogP contribution in [0.1, 0.15) is 24.6 Å². The Balaban J connectivity index is 1.59. The summed E-state index contributed by atoms with van der Waals surface area (Å²) in [5, 5.41) is 7.18. The fourth-order valence-electron chi connectivity index (χ4n) is 4.01. The molecule has 32 heavy (non-hydrogen) atoms. The summed E-state index contributed by atoms with van der Waals surface area (Å²) in [5.74, 6) is 0.331. The van der Waals surface area contributed by atoms with Crippen molar-refractivity contribution in [3.63, 3.8) is 0 Å². The largest absolute Gasteiger partial charge is 0.378 e. The molecule has 0 radical (unpaired) electrons. The van der Waals surface area contributed by atoms with Crippen molar-refractivity contribution in [1.82, 2.24) is 27.9 Å². The van der Waals surface area contributed by atoms with E-state index in [4.69, 9.17) is 4.74 Å². The molecule has 4 rings (SSSR count). The average molecular weight is 485 g/mol. The predicted molar refractivity (Wildman–Crippen MR) is 119 cm³/mol. The molecule has 0 aliphatic carbocycles. The molecule has 4 heterocycles. The van der Waals surface area contributed by atoms with Gasteiger partial charge in [0.2, 0.25) is 5.91 Å². The second kappa shape index (κ2) is 9.43. The number of carbonyl (C=O) groups excluding carboxylic acids is 1. The van der Waals surface area contributed by atoms with Crippen LogP contribution >= 0.6 is 11.3 Å². The second-order valence-corrected chi connectivity index (χ2v) is 11.1. The first kappa shape index (κ1) is 23.1.